The van der Waals surface area contributed by atoms with Crippen LogP contribution in [0, 0.1) is 0 Å². The molecule has 0 atom stereocenters. The van der Waals surface area contributed by atoms with E-state index in [0.717, 1.165) is 47.0 Å². The highest BCUT2D eigenvalue weighted by Crippen LogP contribution is 2.40. The molecule has 5 aromatic rings. The van der Waals surface area contributed by atoms with Crippen molar-refractivity contribution in [2.24, 2.45) is 12.8 Å². The lowest BCUT2D eigenvalue weighted by Crippen LogP contribution is -2.43. The molecule has 2 N–H and O–H groups in total. The minimum Gasteiger partial charge on any atom is -0.453 e. The largest absolute Gasteiger partial charge is 0.453 e. The summed E-state index contributed by atoms with van der Waals surface area (Å²) in [5.74, 6) is 0.565. The van der Waals surface area contributed by atoms with Crippen LogP contribution >= 0.6 is 0 Å². The normalized spacial score (nSPS) is 15.2. The molecule has 0 radical (unpaired) electrons. The molecule has 2 aromatic heterocycles. The van der Waals surface area contributed by atoms with Crippen molar-refractivity contribution in [2.75, 3.05) is 0 Å². The van der Waals surface area contributed by atoms with Crippen LogP contribution in [-0.2, 0) is 12.6 Å². The summed E-state index contributed by atoms with van der Waals surface area (Å²) in [5, 5.41) is 0.550. The maximum Gasteiger partial charge on any atom is 0.201 e. The minimum absolute atomic E-state index is 0.0490. The van der Waals surface area contributed by atoms with Gasteiger partial charge < -0.3 is 14.7 Å². The third kappa shape index (κ3) is 2.75. The van der Waals surface area contributed by atoms with E-state index in [4.69, 9.17) is 10.2 Å². The molecule has 2 heterocycles. The molecule has 0 saturated heterocycles. The topological polar surface area (TPSA) is 74.0 Å². The lowest BCUT2D eigenvalue weighted by molar-refractivity contribution is 0.253. The molecular weight excluding hydrogens is 398 g/mol. The summed E-state index contributed by atoms with van der Waals surface area (Å²) in [6.45, 7) is 0. The summed E-state index contributed by atoms with van der Waals surface area (Å²) >= 11 is 0. The Morgan fingerprint density at radius 1 is 0.969 bits per heavy atom. The Bertz CT molecular complexity index is 1530. The summed E-state index contributed by atoms with van der Waals surface area (Å²) in [4.78, 5) is 18.3. The fourth-order valence-electron chi connectivity index (χ4n) is 4.76. The lowest BCUT2D eigenvalue weighted by Gasteiger charge is -2.38. The third-order valence-electron chi connectivity index (χ3n) is 6.77. The van der Waals surface area contributed by atoms with Crippen molar-refractivity contribution in [1.29, 1.82) is 0 Å². The Labute approximate surface area is 185 Å². The number of aromatic nitrogens is 2. The van der Waals surface area contributed by atoms with Crippen LogP contribution in [0.1, 0.15) is 24.8 Å². The second kappa shape index (κ2) is 6.90. The van der Waals surface area contributed by atoms with Gasteiger partial charge in [0, 0.05) is 18.2 Å². The van der Waals surface area contributed by atoms with Gasteiger partial charge in [-0.2, -0.15) is 0 Å². The zero-order valence-corrected chi connectivity index (χ0v) is 17.8. The first-order valence-corrected chi connectivity index (χ1v) is 10.9. The number of benzene rings is 3. The van der Waals surface area contributed by atoms with Gasteiger partial charge in [0.1, 0.15) is 11.3 Å². The Balaban J connectivity index is 1.65. The molecule has 0 unspecified atom stereocenters. The number of hydrogen-bond acceptors (Lipinski definition) is 4. The molecule has 6 rings (SSSR count). The first-order valence-electron chi connectivity index (χ1n) is 10.9. The van der Waals surface area contributed by atoms with Gasteiger partial charge in [0.15, 0.2) is 5.58 Å². The molecule has 3 aromatic carbocycles. The first kappa shape index (κ1) is 19.0. The van der Waals surface area contributed by atoms with Crippen LogP contribution in [0.5, 0.6) is 0 Å². The molecule has 0 aliphatic heterocycles. The molecular formula is C27H23N3O2. The van der Waals surface area contributed by atoms with E-state index in [2.05, 4.69) is 17.1 Å². The molecule has 1 fully saturated rings. The highest BCUT2D eigenvalue weighted by molar-refractivity contribution is 6.03. The number of imidazole rings is 1. The van der Waals surface area contributed by atoms with Gasteiger partial charge in [0.25, 0.3) is 0 Å². The lowest BCUT2D eigenvalue weighted by atomic mass is 9.72. The summed E-state index contributed by atoms with van der Waals surface area (Å²) in [6.07, 6.45) is 4.90. The highest BCUT2D eigenvalue weighted by atomic mass is 16.3. The van der Waals surface area contributed by atoms with Crippen molar-refractivity contribution in [3.8, 4) is 22.5 Å². The number of rotatable bonds is 3. The van der Waals surface area contributed by atoms with Crippen LogP contribution in [0.15, 0.2) is 82.3 Å². The second-order valence-corrected chi connectivity index (χ2v) is 8.75. The summed E-state index contributed by atoms with van der Waals surface area (Å²) in [6, 6.07) is 21.6. The highest BCUT2D eigenvalue weighted by Gasteiger charge is 2.34. The predicted octanol–water partition coefficient (Wildman–Crippen LogP) is 5.35. The molecule has 5 heteroatoms. The molecule has 0 amide bonds. The van der Waals surface area contributed by atoms with E-state index < -0.39 is 0 Å². The van der Waals surface area contributed by atoms with Gasteiger partial charge in [0.2, 0.25) is 5.43 Å². The molecule has 5 nitrogen and oxygen atoms in total. The van der Waals surface area contributed by atoms with Crippen LogP contribution in [0.4, 0.5) is 0 Å². The van der Waals surface area contributed by atoms with Gasteiger partial charge in [0.05, 0.1) is 22.8 Å². The third-order valence-corrected chi connectivity index (χ3v) is 6.77. The van der Waals surface area contributed by atoms with Crippen LogP contribution in [0.25, 0.3) is 44.5 Å². The molecule has 1 saturated carbocycles. The Morgan fingerprint density at radius 2 is 1.72 bits per heavy atom. The molecule has 0 spiro atoms. The quantitative estimate of drug-likeness (QED) is 0.426. The van der Waals surface area contributed by atoms with Crippen LogP contribution in [0.2, 0.25) is 0 Å². The average Bonchev–Trinajstić information content (AvgIpc) is 3.19. The van der Waals surface area contributed by atoms with E-state index in [1.807, 2.05) is 66.2 Å². The van der Waals surface area contributed by atoms with Crippen molar-refractivity contribution >= 4 is 22.0 Å². The smallest absolute Gasteiger partial charge is 0.201 e. The van der Waals surface area contributed by atoms with E-state index >= 15 is 0 Å². The maximum atomic E-state index is 13.8. The number of hydrogen-bond donors (Lipinski definition) is 1. The van der Waals surface area contributed by atoms with E-state index in [-0.39, 0.29) is 11.0 Å². The van der Waals surface area contributed by atoms with E-state index in [1.165, 1.54) is 0 Å². The Hall–Kier alpha value is -3.70. The maximum absolute atomic E-state index is 13.8. The predicted molar refractivity (Wildman–Crippen MR) is 127 cm³/mol. The van der Waals surface area contributed by atoms with Gasteiger partial charge >= 0.3 is 0 Å². The second-order valence-electron chi connectivity index (χ2n) is 8.75. The molecule has 32 heavy (non-hydrogen) atoms. The van der Waals surface area contributed by atoms with Gasteiger partial charge in [-0.05, 0) is 42.5 Å². The molecule has 1 aliphatic carbocycles. The van der Waals surface area contributed by atoms with Crippen molar-refractivity contribution in [3.63, 3.8) is 0 Å². The van der Waals surface area contributed by atoms with Crippen LogP contribution in [0.3, 0.4) is 0 Å². The van der Waals surface area contributed by atoms with E-state index in [1.54, 1.807) is 6.33 Å². The van der Waals surface area contributed by atoms with E-state index in [9.17, 15) is 4.79 Å². The number of aryl methyl sites for hydroxylation is 1. The first-order chi connectivity index (χ1) is 15.5. The number of fused-ring (bicyclic) bond motifs is 3. The summed E-state index contributed by atoms with van der Waals surface area (Å²) in [7, 11) is 1.91. The standard InChI is InChI=1S/C27H23N3O2/c1-30-16-29-21-13-12-20-24(31)22(17-8-10-19(11-9-17)27(28)14-5-15-27)25(32-26(20)23(21)30)18-6-3-2-4-7-18/h2-4,6-13,16H,5,14-15,28H2,1H3. The average molecular weight is 422 g/mol. The van der Waals surface area contributed by atoms with Crippen LogP contribution in [-0.4, -0.2) is 9.55 Å². The Kier molecular flexibility index (Phi) is 4.10. The van der Waals surface area contributed by atoms with Gasteiger partial charge in [-0.25, -0.2) is 4.98 Å². The van der Waals surface area contributed by atoms with E-state index in [0.29, 0.717) is 22.3 Å². The van der Waals surface area contributed by atoms with Crippen molar-refractivity contribution in [3.05, 3.63) is 88.8 Å². The number of nitrogens with zero attached hydrogens (tertiary/aromatic N) is 2. The van der Waals surface area contributed by atoms with Crippen molar-refractivity contribution in [2.45, 2.75) is 24.8 Å². The molecule has 158 valence electrons. The zero-order valence-electron chi connectivity index (χ0n) is 17.8. The van der Waals surface area contributed by atoms with Gasteiger partial charge in [-0.15, -0.1) is 0 Å². The fraction of sp³-hybridized carbons (Fsp3) is 0.185. The Morgan fingerprint density at radius 3 is 2.41 bits per heavy atom. The zero-order chi connectivity index (χ0) is 21.9. The molecule has 0 bridgehead atoms. The monoisotopic (exact) mass is 421 g/mol. The minimum atomic E-state index is -0.236. The van der Waals surface area contributed by atoms with Crippen molar-refractivity contribution in [1.82, 2.24) is 9.55 Å². The fourth-order valence-corrected chi connectivity index (χ4v) is 4.76. The summed E-state index contributed by atoms with van der Waals surface area (Å²) in [5.41, 5.74) is 11.8. The molecule has 1 aliphatic rings. The van der Waals surface area contributed by atoms with Crippen molar-refractivity contribution < 1.29 is 4.42 Å². The van der Waals surface area contributed by atoms with Crippen LogP contribution < -0.4 is 11.2 Å². The number of nitrogens with two attached hydrogens (primary N) is 1. The van der Waals surface area contributed by atoms with Gasteiger partial charge in [-0.1, -0.05) is 54.6 Å². The summed E-state index contributed by atoms with van der Waals surface area (Å²) < 4.78 is 8.40. The SMILES string of the molecule is Cn1cnc2ccc3c(=O)c(-c4ccc(C5(N)CCC5)cc4)c(-c4ccccc4)oc3c21. The van der Waals surface area contributed by atoms with Gasteiger partial charge in [-0.3, -0.25) is 4.79 Å².